The van der Waals surface area contributed by atoms with Crippen molar-refractivity contribution in [3.05, 3.63) is 69.2 Å². The maximum absolute atomic E-state index is 6.27. The van der Waals surface area contributed by atoms with Crippen molar-refractivity contribution >= 4 is 23.2 Å². The highest BCUT2D eigenvalue weighted by Gasteiger charge is 2.18. The third kappa shape index (κ3) is 3.33. The molecular formula is C16H18Cl2N2. The van der Waals surface area contributed by atoms with Crippen LogP contribution in [0.2, 0.25) is 10.0 Å². The Hall–Kier alpha value is -1.06. The zero-order valence-corrected chi connectivity index (χ0v) is 12.9. The van der Waals surface area contributed by atoms with Crippen LogP contribution in [0.15, 0.2) is 42.5 Å². The van der Waals surface area contributed by atoms with Crippen molar-refractivity contribution in [1.29, 1.82) is 0 Å². The average molecular weight is 309 g/mol. The molecule has 0 saturated carbocycles. The van der Waals surface area contributed by atoms with Crippen LogP contribution in [-0.2, 0) is 6.42 Å². The van der Waals surface area contributed by atoms with Crippen molar-refractivity contribution in [2.75, 3.05) is 0 Å². The summed E-state index contributed by atoms with van der Waals surface area (Å²) in [5.74, 6) is 5.73. The van der Waals surface area contributed by atoms with Crippen LogP contribution in [-0.4, -0.2) is 0 Å². The highest BCUT2D eigenvalue weighted by atomic mass is 35.5. The Morgan fingerprint density at radius 2 is 1.75 bits per heavy atom. The summed E-state index contributed by atoms with van der Waals surface area (Å²) < 4.78 is 0. The van der Waals surface area contributed by atoms with Crippen LogP contribution in [0.5, 0.6) is 0 Å². The third-order valence-electron chi connectivity index (χ3n) is 3.28. The minimum absolute atomic E-state index is 0.215. The summed E-state index contributed by atoms with van der Waals surface area (Å²) in [5, 5.41) is 1.22. The van der Waals surface area contributed by atoms with Gasteiger partial charge in [-0.25, -0.2) is 5.43 Å². The van der Waals surface area contributed by atoms with E-state index in [2.05, 4.69) is 24.5 Å². The van der Waals surface area contributed by atoms with Gasteiger partial charge in [-0.3, -0.25) is 5.84 Å². The minimum Gasteiger partial charge on any atom is -0.271 e. The van der Waals surface area contributed by atoms with E-state index in [0.717, 1.165) is 24.0 Å². The molecular weight excluding hydrogens is 291 g/mol. The van der Waals surface area contributed by atoms with E-state index in [0.29, 0.717) is 10.0 Å². The molecule has 1 unspecified atom stereocenters. The summed E-state index contributed by atoms with van der Waals surface area (Å²) in [6.45, 7) is 2.16. The lowest BCUT2D eigenvalue weighted by molar-refractivity contribution is 0.636. The molecule has 2 aromatic carbocycles. The molecule has 1 atom stereocenters. The molecule has 0 bridgehead atoms. The summed E-state index contributed by atoms with van der Waals surface area (Å²) in [7, 11) is 0. The third-order valence-corrected chi connectivity index (χ3v) is 3.94. The Morgan fingerprint density at radius 3 is 2.35 bits per heavy atom. The zero-order valence-electron chi connectivity index (χ0n) is 11.4. The Kier molecular flexibility index (Phi) is 5.44. The van der Waals surface area contributed by atoms with Crippen LogP contribution in [0.1, 0.15) is 36.1 Å². The molecule has 0 saturated heterocycles. The molecule has 3 N–H and O–H groups in total. The van der Waals surface area contributed by atoms with Gasteiger partial charge >= 0.3 is 0 Å². The quantitative estimate of drug-likeness (QED) is 0.630. The van der Waals surface area contributed by atoms with Crippen molar-refractivity contribution in [2.24, 2.45) is 5.84 Å². The van der Waals surface area contributed by atoms with Crippen molar-refractivity contribution < 1.29 is 0 Å². The summed E-state index contributed by atoms with van der Waals surface area (Å²) in [4.78, 5) is 0. The second-order valence-corrected chi connectivity index (χ2v) is 5.54. The first-order valence-corrected chi connectivity index (χ1v) is 7.41. The van der Waals surface area contributed by atoms with Gasteiger partial charge in [-0.05, 0) is 29.7 Å². The van der Waals surface area contributed by atoms with Crippen molar-refractivity contribution in [1.82, 2.24) is 5.43 Å². The van der Waals surface area contributed by atoms with Crippen LogP contribution in [0.25, 0.3) is 0 Å². The van der Waals surface area contributed by atoms with E-state index < -0.39 is 0 Å². The second kappa shape index (κ2) is 7.09. The van der Waals surface area contributed by atoms with Gasteiger partial charge in [-0.1, -0.05) is 66.9 Å². The maximum Gasteiger partial charge on any atom is 0.0739 e. The first kappa shape index (κ1) is 15.3. The van der Waals surface area contributed by atoms with E-state index in [1.54, 1.807) is 0 Å². The minimum atomic E-state index is -0.215. The fourth-order valence-electron chi connectivity index (χ4n) is 2.35. The molecule has 0 spiro atoms. The number of hydrogen-bond acceptors (Lipinski definition) is 2. The van der Waals surface area contributed by atoms with Crippen LogP contribution in [0.3, 0.4) is 0 Å². The number of nitrogens with two attached hydrogens (primary N) is 1. The number of hydrogen-bond donors (Lipinski definition) is 2. The van der Waals surface area contributed by atoms with Gasteiger partial charge in [0.15, 0.2) is 0 Å². The first-order chi connectivity index (χ1) is 9.67. The topological polar surface area (TPSA) is 38.0 Å². The second-order valence-electron chi connectivity index (χ2n) is 4.73. The predicted octanol–water partition coefficient (Wildman–Crippen LogP) is 4.50. The van der Waals surface area contributed by atoms with Gasteiger partial charge in [0.2, 0.25) is 0 Å². The summed E-state index contributed by atoms with van der Waals surface area (Å²) in [5.41, 5.74) is 5.98. The number of benzene rings is 2. The standard InChI is InChI=1S/C16H18Cl2N2/c1-2-5-11-6-3-7-12(10-11)16(20-19)15-13(17)8-4-9-14(15)18/h3-4,6-10,16,20H,2,5,19H2,1H3. The SMILES string of the molecule is CCCc1cccc(C(NN)c2c(Cl)cccc2Cl)c1. The van der Waals surface area contributed by atoms with Crippen molar-refractivity contribution in [3.63, 3.8) is 0 Å². The number of nitrogens with one attached hydrogen (secondary N) is 1. The monoisotopic (exact) mass is 308 g/mol. The van der Waals surface area contributed by atoms with Gasteiger partial charge in [0.25, 0.3) is 0 Å². The van der Waals surface area contributed by atoms with Gasteiger partial charge in [-0.2, -0.15) is 0 Å². The van der Waals surface area contributed by atoms with Crippen LogP contribution < -0.4 is 11.3 Å². The number of rotatable bonds is 5. The smallest absolute Gasteiger partial charge is 0.0739 e. The molecule has 2 aromatic rings. The first-order valence-electron chi connectivity index (χ1n) is 6.66. The van der Waals surface area contributed by atoms with Gasteiger partial charge in [0, 0.05) is 15.6 Å². The molecule has 0 aliphatic rings. The molecule has 2 rings (SSSR count). The number of halogens is 2. The molecule has 106 valence electrons. The van der Waals surface area contributed by atoms with Gasteiger partial charge in [0.05, 0.1) is 6.04 Å². The lowest BCUT2D eigenvalue weighted by Crippen LogP contribution is -2.29. The van der Waals surface area contributed by atoms with Crippen molar-refractivity contribution in [3.8, 4) is 0 Å². The molecule has 0 amide bonds. The van der Waals surface area contributed by atoms with Crippen LogP contribution in [0, 0.1) is 0 Å². The molecule has 2 nitrogen and oxygen atoms in total. The van der Waals surface area contributed by atoms with E-state index in [1.165, 1.54) is 5.56 Å². The number of aryl methyl sites for hydroxylation is 1. The lowest BCUT2D eigenvalue weighted by Gasteiger charge is -2.20. The molecule has 20 heavy (non-hydrogen) atoms. The summed E-state index contributed by atoms with van der Waals surface area (Å²) >= 11 is 12.5. The summed E-state index contributed by atoms with van der Waals surface area (Å²) in [6.07, 6.45) is 2.15. The predicted molar refractivity (Wildman–Crippen MR) is 86.1 cm³/mol. The lowest BCUT2D eigenvalue weighted by atomic mass is 9.96. The van der Waals surface area contributed by atoms with E-state index in [4.69, 9.17) is 29.0 Å². The highest BCUT2D eigenvalue weighted by molar-refractivity contribution is 6.36. The molecule has 0 aliphatic heterocycles. The Bertz CT molecular complexity index is 564. The Labute approximate surface area is 129 Å². The molecule has 4 heteroatoms. The van der Waals surface area contributed by atoms with Crippen LogP contribution >= 0.6 is 23.2 Å². The van der Waals surface area contributed by atoms with E-state index in [-0.39, 0.29) is 6.04 Å². The fourth-order valence-corrected chi connectivity index (χ4v) is 2.97. The fraction of sp³-hybridized carbons (Fsp3) is 0.250. The molecule has 0 aromatic heterocycles. The van der Waals surface area contributed by atoms with Gasteiger partial charge in [0.1, 0.15) is 0 Å². The van der Waals surface area contributed by atoms with Crippen LogP contribution in [0.4, 0.5) is 0 Å². The Balaban J connectivity index is 2.44. The van der Waals surface area contributed by atoms with E-state index >= 15 is 0 Å². The molecule has 0 heterocycles. The number of hydrazine groups is 1. The maximum atomic E-state index is 6.27. The largest absolute Gasteiger partial charge is 0.271 e. The van der Waals surface area contributed by atoms with Gasteiger partial charge < -0.3 is 0 Å². The molecule has 0 fully saturated rings. The van der Waals surface area contributed by atoms with Crippen molar-refractivity contribution in [2.45, 2.75) is 25.8 Å². The normalized spacial score (nSPS) is 12.4. The zero-order chi connectivity index (χ0) is 14.5. The highest BCUT2D eigenvalue weighted by Crippen LogP contribution is 2.33. The molecule has 0 aliphatic carbocycles. The average Bonchev–Trinajstić information content (AvgIpc) is 2.44. The molecule has 0 radical (unpaired) electrons. The van der Waals surface area contributed by atoms with E-state index in [1.807, 2.05) is 30.3 Å². The Morgan fingerprint density at radius 1 is 1.10 bits per heavy atom. The van der Waals surface area contributed by atoms with Gasteiger partial charge in [-0.15, -0.1) is 0 Å². The summed E-state index contributed by atoms with van der Waals surface area (Å²) in [6, 6.07) is 13.6. The van der Waals surface area contributed by atoms with E-state index in [9.17, 15) is 0 Å².